The molecule has 1 aromatic carbocycles. The highest BCUT2D eigenvalue weighted by Crippen LogP contribution is 2.36. The Morgan fingerprint density at radius 1 is 1.04 bits per heavy atom. The Kier molecular flexibility index (Phi) is 4.96. The maximum atomic E-state index is 13.4. The highest BCUT2D eigenvalue weighted by atomic mass is 35.5. The largest absolute Gasteiger partial charge is 0.433 e. The summed E-state index contributed by atoms with van der Waals surface area (Å²) in [6, 6.07) is 3.92. The van der Waals surface area contributed by atoms with Crippen LogP contribution in [0.1, 0.15) is 22.4 Å². The number of nitrogens with zero attached hydrogens (tertiary/aromatic N) is 2. The molecule has 148 valence electrons. The Labute approximate surface area is 157 Å². The molecule has 5 nitrogen and oxygen atoms in total. The molecular formula is C16H9ClF6N4O. The molecule has 12 heteroatoms. The van der Waals surface area contributed by atoms with Crippen molar-refractivity contribution < 1.29 is 26.3 Å². The second kappa shape index (κ2) is 6.97. The van der Waals surface area contributed by atoms with Crippen molar-refractivity contribution in [2.75, 3.05) is 0 Å². The zero-order valence-corrected chi connectivity index (χ0v) is 14.3. The minimum absolute atomic E-state index is 0.0278. The van der Waals surface area contributed by atoms with Gasteiger partial charge in [0.15, 0.2) is 11.5 Å². The summed E-state index contributed by atoms with van der Waals surface area (Å²) in [5.41, 5.74) is -4.87. The first-order valence-electron chi connectivity index (χ1n) is 7.53. The number of aromatic nitrogens is 4. The van der Waals surface area contributed by atoms with Crippen LogP contribution in [0, 0.1) is 0 Å². The first-order chi connectivity index (χ1) is 13.0. The molecule has 0 saturated heterocycles. The number of halogens is 7. The molecular weight excluding hydrogens is 414 g/mol. The molecule has 3 rings (SSSR count). The van der Waals surface area contributed by atoms with Crippen LogP contribution in [0.5, 0.6) is 0 Å². The van der Waals surface area contributed by atoms with Gasteiger partial charge in [-0.2, -0.15) is 31.4 Å². The van der Waals surface area contributed by atoms with Crippen molar-refractivity contribution in [3.8, 4) is 11.5 Å². The number of aromatic amines is 2. The summed E-state index contributed by atoms with van der Waals surface area (Å²) < 4.78 is 79.2. The molecule has 0 aliphatic rings. The third kappa shape index (κ3) is 4.03. The monoisotopic (exact) mass is 422 g/mol. The van der Waals surface area contributed by atoms with Gasteiger partial charge in [0.1, 0.15) is 5.69 Å². The summed E-state index contributed by atoms with van der Waals surface area (Å²) in [6.07, 6.45) is -9.20. The van der Waals surface area contributed by atoms with Crippen LogP contribution in [-0.2, 0) is 18.8 Å². The third-order valence-corrected chi connectivity index (χ3v) is 4.07. The lowest BCUT2D eigenvalue weighted by molar-refractivity contribution is -0.142. The van der Waals surface area contributed by atoms with Crippen molar-refractivity contribution in [3.63, 3.8) is 0 Å². The fourth-order valence-corrected chi connectivity index (χ4v) is 2.74. The molecule has 0 radical (unpaired) electrons. The van der Waals surface area contributed by atoms with Gasteiger partial charge in [-0.25, -0.2) is 4.98 Å². The molecule has 0 saturated carbocycles. The second-order valence-electron chi connectivity index (χ2n) is 5.69. The number of alkyl halides is 6. The molecule has 0 atom stereocenters. The second-order valence-corrected chi connectivity index (χ2v) is 6.09. The smallest absolute Gasteiger partial charge is 0.305 e. The van der Waals surface area contributed by atoms with E-state index >= 15 is 0 Å². The topological polar surface area (TPSA) is 74.4 Å². The number of rotatable bonds is 3. The Hall–Kier alpha value is -2.82. The highest BCUT2D eigenvalue weighted by molar-refractivity contribution is 6.31. The molecule has 0 spiro atoms. The molecule has 0 bridgehead atoms. The van der Waals surface area contributed by atoms with Crippen molar-refractivity contribution in [1.29, 1.82) is 0 Å². The SMILES string of the molecule is O=c1[nH]c(-c2cc[nH]n2)nc(C(F)(F)F)c1Cc1ccc(Cl)c(C(F)(F)F)c1. The van der Waals surface area contributed by atoms with Gasteiger partial charge in [0.2, 0.25) is 0 Å². The van der Waals surface area contributed by atoms with Crippen LogP contribution in [0.15, 0.2) is 35.3 Å². The van der Waals surface area contributed by atoms with Crippen LogP contribution >= 0.6 is 11.6 Å². The van der Waals surface area contributed by atoms with Crippen LogP contribution < -0.4 is 5.56 Å². The van der Waals surface area contributed by atoms with Crippen LogP contribution in [0.25, 0.3) is 11.5 Å². The molecule has 0 amide bonds. The molecule has 28 heavy (non-hydrogen) atoms. The molecule has 0 fully saturated rings. The van der Waals surface area contributed by atoms with Crippen LogP contribution in [-0.4, -0.2) is 20.2 Å². The zero-order valence-electron chi connectivity index (χ0n) is 13.5. The molecule has 0 unspecified atom stereocenters. The van der Waals surface area contributed by atoms with E-state index in [1.807, 2.05) is 0 Å². The summed E-state index contributed by atoms with van der Waals surface area (Å²) in [7, 11) is 0. The van der Waals surface area contributed by atoms with E-state index in [0.29, 0.717) is 6.07 Å². The summed E-state index contributed by atoms with van der Waals surface area (Å²) in [4.78, 5) is 17.9. The average Bonchev–Trinajstić information content (AvgIpc) is 3.10. The lowest BCUT2D eigenvalue weighted by atomic mass is 10.0. The van der Waals surface area contributed by atoms with E-state index in [4.69, 9.17) is 11.6 Å². The van der Waals surface area contributed by atoms with E-state index in [1.54, 1.807) is 0 Å². The number of hydrogen-bond donors (Lipinski definition) is 2. The fraction of sp³-hybridized carbons (Fsp3) is 0.188. The molecule has 2 N–H and O–H groups in total. The van der Waals surface area contributed by atoms with E-state index < -0.39 is 52.0 Å². The minimum atomic E-state index is -5.01. The van der Waals surface area contributed by atoms with Gasteiger partial charge in [-0.1, -0.05) is 17.7 Å². The van der Waals surface area contributed by atoms with E-state index in [9.17, 15) is 31.1 Å². The van der Waals surface area contributed by atoms with Crippen LogP contribution in [0.2, 0.25) is 5.02 Å². The van der Waals surface area contributed by atoms with E-state index in [0.717, 1.165) is 12.1 Å². The van der Waals surface area contributed by atoms with Gasteiger partial charge in [0, 0.05) is 12.6 Å². The molecule has 0 aliphatic carbocycles. The van der Waals surface area contributed by atoms with Gasteiger partial charge in [-0.15, -0.1) is 0 Å². The van der Waals surface area contributed by atoms with Crippen molar-refractivity contribution in [1.82, 2.24) is 20.2 Å². The maximum Gasteiger partial charge on any atom is 0.433 e. The standard InChI is InChI=1S/C16H9ClF6N4O/c17-10-2-1-7(6-9(10)15(18,19)20)5-8-12(16(21,22)23)25-13(26-14(8)28)11-3-4-24-27-11/h1-4,6H,5H2,(H,24,27)(H,25,26,28). The summed E-state index contributed by atoms with van der Waals surface area (Å²) in [5.74, 6) is -0.422. The van der Waals surface area contributed by atoms with Gasteiger partial charge < -0.3 is 4.98 Å². The van der Waals surface area contributed by atoms with Crippen molar-refractivity contribution in [2.24, 2.45) is 0 Å². The van der Waals surface area contributed by atoms with Crippen molar-refractivity contribution >= 4 is 11.6 Å². The van der Waals surface area contributed by atoms with Gasteiger partial charge in [-0.05, 0) is 23.8 Å². The third-order valence-electron chi connectivity index (χ3n) is 3.74. The van der Waals surface area contributed by atoms with Crippen molar-refractivity contribution in [2.45, 2.75) is 18.8 Å². The zero-order chi connectivity index (χ0) is 20.7. The molecule has 2 heterocycles. The Balaban J connectivity index is 2.11. The lowest BCUT2D eigenvalue weighted by Gasteiger charge is -2.14. The number of benzene rings is 1. The van der Waals surface area contributed by atoms with Crippen LogP contribution in [0.3, 0.4) is 0 Å². The molecule has 0 aliphatic heterocycles. The number of nitrogens with one attached hydrogen (secondary N) is 2. The highest BCUT2D eigenvalue weighted by Gasteiger charge is 2.38. The molecule has 3 aromatic rings. The predicted octanol–water partition coefficient (Wildman–Crippen LogP) is 4.44. The normalized spacial score (nSPS) is 12.4. The summed E-state index contributed by atoms with van der Waals surface area (Å²) in [5, 5.41) is 5.42. The summed E-state index contributed by atoms with van der Waals surface area (Å²) >= 11 is 5.51. The minimum Gasteiger partial charge on any atom is -0.305 e. The van der Waals surface area contributed by atoms with Gasteiger partial charge in [-0.3, -0.25) is 9.89 Å². The number of hydrogen-bond acceptors (Lipinski definition) is 3. The first-order valence-corrected chi connectivity index (χ1v) is 7.91. The van der Waals surface area contributed by atoms with Gasteiger partial charge in [0.25, 0.3) is 5.56 Å². The average molecular weight is 423 g/mol. The lowest BCUT2D eigenvalue weighted by Crippen LogP contribution is -2.24. The Bertz CT molecular complexity index is 1060. The Morgan fingerprint density at radius 2 is 1.75 bits per heavy atom. The van der Waals surface area contributed by atoms with E-state index in [-0.39, 0.29) is 11.3 Å². The van der Waals surface area contributed by atoms with Gasteiger partial charge in [0.05, 0.1) is 16.1 Å². The van der Waals surface area contributed by atoms with E-state index in [2.05, 4.69) is 20.2 Å². The quantitative estimate of drug-likeness (QED) is 0.613. The first kappa shape index (κ1) is 19.9. The maximum absolute atomic E-state index is 13.4. The Morgan fingerprint density at radius 3 is 2.32 bits per heavy atom. The fourth-order valence-electron chi connectivity index (χ4n) is 2.51. The van der Waals surface area contributed by atoms with E-state index in [1.165, 1.54) is 12.3 Å². The summed E-state index contributed by atoms with van der Waals surface area (Å²) in [6.45, 7) is 0. The van der Waals surface area contributed by atoms with Gasteiger partial charge >= 0.3 is 12.4 Å². The van der Waals surface area contributed by atoms with Crippen LogP contribution in [0.4, 0.5) is 26.3 Å². The number of H-pyrrole nitrogens is 2. The predicted molar refractivity (Wildman–Crippen MR) is 86.7 cm³/mol. The van der Waals surface area contributed by atoms with Crippen molar-refractivity contribution in [3.05, 3.63) is 68.2 Å². The molecule has 2 aromatic heterocycles.